The van der Waals surface area contributed by atoms with Gasteiger partial charge in [-0.15, -0.1) is 0 Å². The summed E-state index contributed by atoms with van der Waals surface area (Å²) in [6, 6.07) is 22.6. The summed E-state index contributed by atoms with van der Waals surface area (Å²) >= 11 is 5.89. The van der Waals surface area contributed by atoms with Crippen LogP contribution in [0.1, 0.15) is 5.89 Å². The van der Waals surface area contributed by atoms with Crippen LogP contribution in [0, 0.1) is 0 Å². The molecule has 3 aromatic carbocycles. The first-order valence-electron chi connectivity index (χ1n) is 8.97. The highest BCUT2D eigenvalue weighted by Gasteiger charge is 2.23. The van der Waals surface area contributed by atoms with E-state index in [1.807, 2.05) is 30.3 Å². The lowest BCUT2D eigenvalue weighted by Crippen LogP contribution is -2.13. The molecule has 6 nitrogen and oxygen atoms in total. The molecule has 0 atom stereocenters. The maximum absolute atomic E-state index is 12.1. The molecule has 4 aromatic rings. The summed E-state index contributed by atoms with van der Waals surface area (Å²) in [6.45, 7) is 0.0546. The quantitative estimate of drug-likeness (QED) is 0.460. The van der Waals surface area contributed by atoms with Crippen molar-refractivity contribution in [2.45, 2.75) is 11.5 Å². The Kier molecular flexibility index (Phi) is 5.59. The van der Waals surface area contributed by atoms with Crippen LogP contribution in [0.4, 0.5) is 0 Å². The standard InChI is InChI=1S/C22H17ClN2O4S/c23-16-10-12-17(13-11-16)28-14-20-25-21(15-6-2-1-3-7-15)22(29-20)18-8-4-5-9-19(18)30(24,26)27/h1-13H,14H2,(H2,24,26,27). The number of sulfonamides is 1. The van der Waals surface area contributed by atoms with E-state index in [2.05, 4.69) is 4.98 Å². The highest BCUT2D eigenvalue weighted by molar-refractivity contribution is 7.89. The van der Waals surface area contributed by atoms with Gasteiger partial charge in [0, 0.05) is 16.1 Å². The highest BCUT2D eigenvalue weighted by Crippen LogP contribution is 2.36. The zero-order valence-electron chi connectivity index (χ0n) is 15.7. The minimum atomic E-state index is -3.96. The third-order valence-corrected chi connectivity index (χ3v) is 5.55. The first-order valence-corrected chi connectivity index (χ1v) is 10.9. The van der Waals surface area contributed by atoms with Crippen molar-refractivity contribution < 1.29 is 17.6 Å². The van der Waals surface area contributed by atoms with Gasteiger partial charge in [0.15, 0.2) is 12.4 Å². The average Bonchev–Trinajstić information content (AvgIpc) is 3.18. The van der Waals surface area contributed by atoms with Gasteiger partial charge in [-0.2, -0.15) is 0 Å². The fourth-order valence-electron chi connectivity index (χ4n) is 2.98. The normalized spacial score (nSPS) is 11.4. The van der Waals surface area contributed by atoms with Crippen LogP contribution in [-0.2, 0) is 16.6 Å². The summed E-state index contributed by atoms with van der Waals surface area (Å²) in [4.78, 5) is 4.52. The third kappa shape index (κ3) is 4.38. The van der Waals surface area contributed by atoms with Crippen molar-refractivity contribution in [3.63, 3.8) is 0 Å². The molecule has 0 aliphatic carbocycles. The Morgan fingerprint density at radius 2 is 1.60 bits per heavy atom. The van der Waals surface area contributed by atoms with Crippen LogP contribution in [0.15, 0.2) is 88.2 Å². The monoisotopic (exact) mass is 440 g/mol. The zero-order chi connectivity index (χ0) is 21.1. The molecule has 152 valence electrons. The lowest BCUT2D eigenvalue weighted by atomic mass is 10.1. The van der Waals surface area contributed by atoms with Crippen molar-refractivity contribution in [1.82, 2.24) is 4.98 Å². The molecule has 0 saturated heterocycles. The van der Waals surface area contributed by atoms with Crippen LogP contribution >= 0.6 is 11.6 Å². The number of aromatic nitrogens is 1. The minimum Gasteiger partial charge on any atom is -0.484 e. The van der Waals surface area contributed by atoms with E-state index in [4.69, 9.17) is 25.9 Å². The number of benzene rings is 3. The lowest BCUT2D eigenvalue weighted by molar-refractivity contribution is 0.264. The van der Waals surface area contributed by atoms with E-state index in [1.165, 1.54) is 6.07 Å². The predicted molar refractivity (Wildman–Crippen MR) is 115 cm³/mol. The Morgan fingerprint density at radius 1 is 0.933 bits per heavy atom. The van der Waals surface area contributed by atoms with Gasteiger partial charge in [-0.05, 0) is 36.4 Å². The number of primary sulfonamides is 1. The summed E-state index contributed by atoms with van der Waals surface area (Å²) in [5, 5.41) is 6.02. The molecule has 0 radical (unpaired) electrons. The molecule has 0 bridgehead atoms. The number of ether oxygens (including phenoxy) is 1. The van der Waals surface area contributed by atoms with Gasteiger partial charge in [-0.3, -0.25) is 0 Å². The van der Waals surface area contributed by atoms with Crippen molar-refractivity contribution in [2.24, 2.45) is 5.14 Å². The number of nitrogens with two attached hydrogens (primary N) is 1. The fourth-order valence-corrected chi connectivity index (χ4v) is 3.84. The van der Waals surface area contributed by atoms with Gasteiger partial charge in [0.1, 0.15) is 11.4 Å². The molecule has 0 unspecified atom stereocenters. The largest absolute Gasteiger partial charge is 0.484 e. The van der Waals surface area contributed by atoms with E-state index >= 15 is 0 Å². The topological polar surface area (TPSA) is 95.4 Å². The molecule has 1 aromatic heterocycles. The number of oxazole rings is 1. The molecule has 8 heteroatoms. The Morgan fingerprint density at radius 3 is 2.30 bits per heavy atom. The van der Waals surface area contributed by atoms with E-state index < -0.39 is 10.0 Å². The Balaban J connectivity index is 1.77. The molecule has 0 aliphatic heterocycles. The molecule has 0 aliphatic rings. The molecule has 0 saturated carbocycles. The Labute approximate surface area is 178 Å². The van der Waals surface area contributed by atoms with Gasteiger partial charge in [0.05, 0.1) is 4.90 Å². The number of rotatable bonds is 6. The van der Waals surface area contributed by atoms with Gasteiger partial charge >= 0.3 is 0 Å². The van der Waals surface area contributed by atoms with Gasteiger partial charge < -0.3 is 9.15 Å². The van der Waals surface area contributed by atoms with E-state index in [9.17, 15) is 8.42 Å². The number of hydrogen-bond acceptors (Lipinski definition) is 5. The van der Waals surface area contributed by atoms with Crippen LogP contribution in [0.3, 0.4) is 0 Å². The molecule has 0 amide bonds. The summed E-state index contributed by atoms with van der Waals surface area (Å²) in [5.41, 5.74) is 1.61. The van der Waals surface area contributed by atoms with Crippen molar-refractivity contribution in [3.8, 4) is 28.3 Å². The van der Waals surface area contributed by atoms with E-state index in [1.54, 1.807) is 42.5 Å². The Hall–Kier alpha value is -3.13. The molecular weight excluding hydrogens is 424 g/mol. The first-order chi connectivity index (χ1) is 14.4. The maximum Gasteiger partial charge on any atom is 0.238 e. The minimum absolute atomic E-state index is 0.0384. The van der Waals surface area contributed by atoms with Crippen LogP contribution in [0.5, 0.6) is 5.75 Å². The number of halogens is 1. The lowest BCUT2D eigenvalue weighted by Gasteiger charge is -2.07. The summed E-state index contributed by atoms with van der Waals surface area (Å²) < 4.78 is 35.9. The predicted octanol–water partition coefficient (Wildman–Crippen LogP) is 4.89. The summed E-state index contributed by atoms with van der Waals surface area (Å²) in [5.74, 6) is 1.20. The summed E-state index contributed by atoms with van der Waals surface area (Å²) in [7, 11) is -3.96. The molecule has 30 heavy (non-hydrogen) atoms. The smallest absolute Gasteiger partial charge is 0.238 e. The van der Waals surface area contributed by atoms with Gasteiger partial charge in [0.2, 0.25) is 15.9 Å². The SMILES string of the molecule is NS(=O)(=O)c1ccccc1-c1oc(COc2ccc(Cl)cc2)nc1-c1ccccc1. The molecule has 0 fully saturated rings. The third-order valence-electron chi connectivity index (χ3n) is 4.33. The van der Waals surface area contributed by atoms with Crippen LogP contribution in [0.2, 0.25) is 5.02 Å². The number of nitrogens with zero attached hydrogens (tertiary/aromatic N) is 1. The second-order valence-corrected chi connectivity index (χ2v) is 8.40. The van der Waals surface area contributed by atoms with Gasteiger partial charge in [0.25, 0.3) is 0 Å². The summed E-state index contributed by atoms with van der Waals surface area (Å²) in [6.07, 6.45) is 0. The fraction of sp³-hybridized carbons (Fsp3) is 0.0455. The van der Waals surface area contributed by atoms with Gasteiger partial charge in [-0.25, -0.2) is 18.5 Å². The van der Waals surface area contributed by atoms with Crippen molar-refractivity contribution in [2.75, 3.05) is 0 Å². The zero-order valence-corrected chi connectivity index (χ0v) is 17.2. The Bertz CT molecular complexity index is 1270. The average molecular weight is 441 g/mol. The van der Waals surface area contributed by atoms with E-state index in [0.717, 1.165) is 5.56 Å². The second kappa shape index (κ2) is 8.31. The first kappa shape index (κ1) is 20.2. The molecule has 1 heterocycles. The number of hydrogen-bond donors (Lipinski definition) is 1. The van der Waals surface area contributed by atoms with Crippen molar-refractivity contribution in [3.05, 3.63) is 89.8 Å². The van der Waals surface area contributed by atoms with Crippen LogP contribution < -0.4 is 9.88 Å². The highest BCUT2D eigenvalue weighted by atomic mass is 35.5. The van der Waals surface area contributed by atoms with Crippen molar-refractivity contribution in [1.29, 1.82) is 0 Å². The second-order valence-electron chi connectivity index (χ2n) is 6.44. The molecule has 4 rings (SSSR count). The molecule has 0 spiro atoms. The molecule has 2 N–H and O–H groups in total. The van der Waals surface area contributed by atoms with Crippen LogP contribution in [-0.4, -0.2) is 13.4 Å². The van der Waals surface area contributed by atoms with Gasteiger partial charge in [-0.1, -0.05) is 54.1 Å². The molecular formula is C22H17ClN2O4S. The van der Waals surface area contributed by atoms with E-state index in [0.29, 0.717) is 33.7 Å². The van der Waals surface area contributed by atoms with Crippen LogP contribution in [0.25, 0.3) is 22.6 Å². The maximum atomic E-state index is 12.1. The van der Waals surface area contributed by atoms with E-state index in [-0.39, 0.29) is 11.5 Å². The van der Waals surface area contributed by atoms with Crippen molar-refractivity contribution >= 4 is 21.6 Å².